The highest BCUT2D eigenvalue weighted by atomic mass is 16.4. The third kappa shape index (κ3) is 6.34. The molecule has 3 heterocycles. The van der Waals surface area contributed by atoms with Gasteiger partial charge in [0.1, 0.15) is 11.9 Å². The van der Waals surface area contributed by atoms with Crippen LogP contribution in [0.15, 0.2) is 66.9 Å². The first kappa shape index (κ1) is 27.2. The summed E-state index contributed by atoms with van der Waals surface area (Å²) in [5.74, 6) is 2.09. The minimum absolute atomic E-state index is 0.290. The van der Waals surface area contributed by atoms with Gasteiger partial charge in [-0.15, -0.1) is 0 Å². The summed E-state index contributed by atoms with van der Waals surface area (Å²) in [6.07, 6.45) is 10.9. The number of rotatable bonds is 9. The van der Waals surface area contributed by atoms with Crippen molar-refractivity contribution in [3.8, 4) is 0 Å². The van der Waals surface area contributed by atoms with Gasteiger partial charge in [0.15, 0.2) is 0 Å². The Bertz CT molecular complexity index is 1220. The third-order valence-electron chi connectivity index (χ3n) is 9.82. The number of piperidine rings is 1. The Kier molecular flexibility index (Phi) is 8.64. The average Bonchev–Trinajstić information content (AvgIpc) is 3.62. The van der Waals surface area contributed by atoms with Gasteiger partial charge in [-0.2, -0.15) is 0 Å². The Morgan fingerprint density at radius 2 is 1.62 bits per heavy atom. The van der Waals surface area contributed by atoms with Crippen LogP contribution in [0.2, 0.25) is 0 Å². The second-order valence-electron chi connectivity index (χ2n) is 12.4. The number of hydrogen-bond donors (Lipinski definition) is 2. The van der Waals surface area contributed by atoms with Crippen molar-refractivity contribution in [1.82, 2.24) is 19.8 Å². The standard InChI is InChI=1S/C34H44N4O2/c39-34(40)33(28-14-8-3-9-15-28)38-23-29(30(24-38)26-12-6-2-7-13-26)22-37-18-16-27(17-19-37)31-21-35-32(36-31)20-25-10-4-1-5-11-25/h1-2,4-7,10-13,21,27-30,33H,3,8-9,14-20,22-24H2,(H,35,36)(H,39,40)/t29-,30+,33+/m0/s1. The molecule has 0 amide bonds. The Morgan fingerprint density at radius 3 is 2.33 bits per heavy atom. The van der Waals surface area contributed by atoms with Crippen molar-refractivity contribution >= 4 is 5.97 Å². The van der Waals surface area contributed by atoms with Crippen molar-refractivity contribution in [3.05, 3.63) is 89.5 Å². The van der Waals surface area contributed by atoms with E-state index in [1.165, 1.54) is 36.1 Å². The van der Waals surface area contributed by atoms with Gasteiger partial charge in [-0.3, -0.25) is 9.69 Å². The predicted octanol–water partition coefficient (Wildman–Crippen LogP) is 5.93. The van der Waals surface area contributed by atoms with E-state index in [9.17, 15) is 9.90 Å². The van der Waals surface area contributed by atoms with Gasteiger partial charge in [-0.25, -0.2) is 4.98 Å². The van der Waals surface area contributed by atoms with Crippen LogP contribution in [0.4, 0.5) is 0 Å². The van der Waals surface area contributed by atoms with Crippen LogP contribution in [0.3, 0.4) is 0 Å². The number of benzene rings is 2. The molecule has 2 saturated heterocycles. The van der Waals surface area contributed by atoms with E-state index in [4.69, 9.17) is 0 Å². The lowest BCUT2D eigenvalue weighted by atomic mass is 9.83. The summed E-state index contributed by atoms with van der Waals surface area (Å²) in [5, 5.41) is 10.3. The number of carboxylic acids is 1. The number of carboxylic acid groups (broad SMARTS) is 1. The van der Waals surface area contributed by atoms with Crippen LogP contribution >= 0.6 is 0 Å². The molecule has 1 saturated carbocycles. The van der Waals surface area contributed by atoms with Crippen molar-refractivity contribution in [1.29, 1.82) is 0 Å². The summed E-state index contributed by atoms with van der Waals surface area (Å²) in [6.45, 7) is 4.96. The molecule has 2 aromatic carbocycles. The maximum Gasteiger partial charge on any atom is 0.321 e. The van der Waals surface area contributed by atoms with E-state index in [-0.39, 0.29) is 6.04 Å². The Hall–Kier alpha value is -2.96. The molecule has 6 rings (SSSR count). The van der Waals surface area contributed by atoms with Crippen LogP contribution in [0, 0.1) is 11.8 Å². The van der Waals surface area contributed by atoms with Crippen LogP contribution in [0.25, 0.3) is 0 Å². The summed E-state index contributed by atoms with van der Waals surface area (Å²) in [6, 6.07) is 21.0. The van der Waals surface area contributed by atoms with Gasteiger partial charge >= 0.3 is 5.97 Å². The number of aliphatic carboxylic acids is 1. The van der Waals surface area contributed by atoms with E-state index in [1.54, 1.807) is 0 Å². The van der Waals surface area contributed by atoms with Crippen LogP contribution in [0.1, 0.15) is 79.4 Å². The van der Waals surface area contributed by atoms with Crippen LogP contribution in [0.5, 0.6) is 0 Å². The third-order valence-corrected chi connectivity index (χ3v) is 9.82. The maximum atomic E-state index is 12.5. The highest BCUT2D eigenvalue weighted by molar-refractivity contribution is 5.74. The summed E-state index contributed by atoms with van der Waals surface area (Å²) in [4.78, 5) is 25.8. The zero-order valence-corrected chi connectivity index (χ0v) is 23.6. The lowest BCUT2D eigenvalue weighted by Crippen LogP contribution is -2.46. The lowest BCUT2D eigenvalue weighted by Gasteiger charge is -2.35. The highest BCUT2D eigenvalue weighted by Gasteiger charge is 2.43. The second kappa shape index (κ2) is 12.7. The predicted molar refractivity (Wildman–Crippen MR) is 158 cm³/mol. The average molecular weight is 541 g/mol. The molecular formula is C34H44N4O2. The molecule has 212 valence electrons. The fraction of sp³-hybridized carbons (Fsp3) is 0.529. The molecular weight excluding hydrogens is 496 g/mol. The number of likely N-dealkylation sites (tertiary alicyclic amines) is 2. The molecule has 6 heteroatoms. The molecule has 0 unspecified atom stereocenters. The topological polar surface area (TPSA) is 72.5 Å². The van der Waals surface area contributed by atoms with Crippen molar-refractivity contribution in [2.24, 2.45) is 11.8 Å². The van der Waals surface area contributed by atoms with Gasteiger partial charge in [0.25, 0.3) is 0 Å². The summed E-state index contributed by atoms with van der Waals surface area (Å²) < 4.78 is 0. The van der Waals surface area contributed by atoms with Crippen molar-refractivity contribution in [3.63, 3.8) is 0 Å². The minimum Gasteiger partial charge on any atom is -0.480 e. The lowest BCUT2D eigenvalue weighted by molar-refractivity contribution is -0.145. The zero-order valence-electron chi connectivity index (χ0n) is 23.6. The molecule has 2 aliphatic heterocycles. The molecule has 3 atom stereocenters. The molecule has 0 radical (unpaired) electrons. The number of carbonyl (C=O) groups is 1. The number of H-pyrrole nitrogens is 1. The molecule has 3 fully saturated rings. The number of nitrogens with one attached hydrogen (secondary N) is 1. The first-order chi connectivity index (χ1) is 19.6. The number of aromatic amines is 1. The Balaban J connectivity index is 1.09. The summed E-state index contributed by atoms with van der Waals surface area (Å²) in [5.41, 5.74) is 3.92. The molecule has 1 aliphatic carbocycles. The molecule has 2 N–H and O–H groups in total. The van der Waals surface area contributed by atoms with E-state index >= 15 is 0 Å². The van der Waals surface area contributed by atoms with Crippen LogP contribution in [-0.4, -0.2) is 69.6 Å². The van der Waals surface area contributed by atoms with Crippen molar-refractivity contribution < 1.29 is 9.90 Å². The highest BCUT2D eigenvalue weighted by Crippen LogP contribution is 2.39. The number of nitrogens with zero attached hydrogens (tertiary/aromatic N) is 3. The largest absolute Gasteiger partial charge is 0.480 e. The van der Waals surface area contributed by atoms with Crippen molar-refractivity contribution in [2.75, 3.05) is 32.7 Å². The zero-order chi connectivity index (χ0) is 27.3. The summed E-state index contributed by atoms with van der Waals surface area (Å²) in [7, 11) is 0. The van der Waals surface area contributed by atoms with E-state index in [2.05, 4.69) is 86.6 Å². The molecule has 6 nitrogen and oxygen atoms in total. The second-order valence-corrected chi connectivity index (χ2v) is 12.4. The monoisotopic (exact) mass is 540 g/mol. The number of hydrogen-bond acceptors (Lipinski definition) is 4. The minimum atomic E-state index is -0.619. The summed E-state index contributed by atoms with van der Waals surface area (Å²) >= 11 is 0. The van der Waals surface area contributed by atoms with Crippen LogP contribution < -0.4 is 0 Å². The quantitative estimate of drug-likeness (QED) is 0.352. The van der Waals surface area contributed by atoms with E-state index in [0.717, 1.165) is 70.7 Å². The van der Waals surface area contributed by atoms with Gasteiger partial charge in [-0.1, -0.05) is 79.9 Å². The molecule has 1 aromatic heterocycles. The van der Waals surface area contributed by atoms with E-state index in [0.29, 0.717) is 23.7 Å². The van der Waals surface area contributed by atoms with Gasteiger partial charge in [0.05, 0.1) is 0 Å². The molecule has 0 spiro atoms. The Morgan fingerprint density at radius 1 is 0.925 bits per heavy atom. The molecule has 3 aromatic rings. The first-order valence-electron chi connectivity index (χ1n) is 15.5. The molecule has 0 bridgehead atoms. The maximum absolute atomic E-state index is 12.5. The van der Waals surface area contributed by atoms with Gasteiger partial charge in [0, 0.05) is 49.8 Å². The smallest absolute Gasteiger partial charge is 0.321 e. The first-order valence-corrected chi connectivity index (χ1v) is 15.5. The molecule has 40 heavy (non-hydrogen) atoms. The van der Waals surface area contributed by atoms with Gasteiger partial charge in [0.2, 0.25) is 0 Å². The van der Waals surface area contributed by atoms with Crippen LogP contribution in [-0.2, 0) is 11.2 Å². The van der Waals surface area contributed by atoms with Gasteiger partial charge < -0.3 is 15.0 Å². The van der Waals surface area contributed by atoms with Crippen molar-refractivity contribution in [2.45, 2.75) is 69.2 Å². The number of aromatic nitrogens is 2. The molecule has 3 aliphatic rings. The van der Waals surface area contributed by atoms with E-state index < -0.39 is 5.97 Å². The van der Waals surface area contributed by atoms with E-state index in [1.807, 2.05) is 0 Å². The fourth-order valence-electron chi connectivity index (χ4n) is 7.72. The number of imidazole rings is 1. The Labute approximate surface area is 238 Å². The van der Waals surface area contributed by atoms with Gasteiger partial charge in [-0.05, 0) is 61.7 Å². The SMILES string of the molecule is O=C(O)[C@@H](C1CCCCC1)N1C[C@H](CN2CCC(c3cnc(Cc4ccccc4)[nH]3)CC2)[C@@H](c2ccccc2)C1. The normalized spacial score (nSPS) is 24.3. The fourth-order valence-corrected chi connectivity index (χ4v) is 7.72.